The summed E-state index contributed by atoms with van der Waals surface area (Å²) in [5.74, 6) is 0.291. The summed E-state index contributed by atoms with van der Waals surface area (Å²) in [7, 11) is 1.88. The fourth-order valence-corrected chi connectivity index (χ4v) is 1.45. The number of amides is 1. The highest BCUT2D eigenvalue weighted by atomic mass is 16.2. The maximum atomic E-state index is 11.0. The summed E-state index contributed by atoms with van der Waals surface area (Å²) >= 11 is 0. The quantitative estimate of drug-likeness (QED) is 0.497. The standard InChI is InChI=1S/C8H15NO/c1-8(2)5-4-7(10)9(3)6-8/h4-6H2,1-3H3. The molecule has 0 atom stereocenters. The zero-order chi connectivity index (χ0) is 7.78. The molecule has 0 aromatic heterocycles. The molecule has 1 rings (SSSR count). The van der Waals surface area contributed by atoms with Crippen LogP contribution in [0.5, 0.6) is 0 Å². The monoisotopic (exact) mass is 141 g/mol. The molecule has 2 nitrogen and oxygen atoms in total. The molecule has 0 aromatic rings. The van der Waals surface area contributed by atoms with Crippen molar-refractivity contribution in [2.45, 2.75) is 26.7 Å². The molecule has 1 aliphatic rings. The van der Waals surface area contributed by atoms with Gasteiger partial charge in [-0.1, -0.05) is 13.8 Å². The SMILES string of the molecule is CN1CC(C)(C)CCC1=O. The fraction of sp³-hybridized carbons (Fsp3) is 0.875. The smallest absolute Gasteiger partial charge is 0.222 e. The van der Waals surface area contributed by atoms with Gasteiger partial charge < -0.3 is 4.90 Å². The van der Waals surface area contributed by atoms with Crippen molar-refractivity contribution in [2.24, 2.45) is 5.41 Å². The molecule has 1 aliphatic heterocycles. The number of rotatable bonds is 0. The zero-order valence-electron chi connectivity index (χ0n) is 6.98. The van der Waals surface area contributed by atoms with E-state index in [2.05, 4.69) is 13.8 Å². The highest BCUT2D eigenvalue weighted by Gasteiger charge is 2.28. The summed E-state index contributed by atoms with van der Waals surface area (Å²) in [4.78, 5) is 12.8. The third-order valence-corrected chi connectivity index (χ3v) is 2.11. The van der Waals surface area contributed by atoms with Crippen molar-refractivity contribution >= 4 is 5.91 Å². The summed E-state index contributed by atoms with van der Waals surface area (Å²) in [5.41, 5.74) is 0.336. The van der Waals surface area contributed by atoms with E-state index in [0.717, 1.165) is 19.4 Å². The first-order valence-corrected chi connectivity index (χ1v) is 3.75. The molecule has 2 heteroatoms. The molecule has 1 heterocycles. The number of piperidine rings is 1. The Bertz CT molecular complexity index is 151. The lowest BCUT2D eigenvalue weighted by molar-refractivity contribution is -0.134. The van der Waals surface area contributed by atoms with E-state index >= 15 is 0 Å². The lowest BCUT2D eigenvalue weighted by Crippen LogP contribution is -2.41. The maximum Gasteiger partial charge on any atom is 0.222 e. The Morgan fingerprint density at radius 2 is 2.10 bits per heavy atom. The molecule has 0 spiro atoms. The topological polar surface area (TPSA) is 20.3 Å². The Kier molecular flexibility index (Phi) is 1.71. The molecular weight excluding hydrogens is 126 g/mol. The molecule has 1 amide bonds. The summed E-state index contributed by atoms with van der Waals surface area (Å²) in [6.45, 7) is 5.32. The average Bonchev–Trinajstić information content (AvgIpc) is 1.79. The van der Waals surface area contributed by atoms with Crippen LogP contribution in [0, 0.1) is 5.41 Å². The van der Waals surface area contributed by atoms with E-state index in [0.29, 0.717) is 11.3 Å². The van der Waals surface area contributed by atoms with E-state index in [4.69, 9.17) is 0 Å². The molecule has 1 fully saturated rings. The fourth-order valence-electron chi connectivity index (χ4n) is 1.45. The van der Waals surface area contributed by atoms with E-state index in [9.17, 15) is 4.79 Å². The summed E-state index contributed by atoms with van der Waals surface area (Å²) in [5, 5.41) is 0. The summed E-state index contributed by atoms with van der Waals surface area (Å²) in [6.07, 6.45) is 1.76. The Labute approximate surface area is 62.2 Å². The number of nitrogens with zero attached hydrogens (tertiary/aromatic N) is 1. The maximum absolute atomic E-state index is 11.0. The minimum absolute atomic E-state index is 0.291. The lowest BCUT2D eigenvalue weighted by Gasteiger charge is -2.35. The molecular formula is C8H15NO. The van der Waals surface area contributed by atoms with Gasteiger partial charge in [-0.15, -0.1) is 0 Å². The van der Waals surface area contributed by atoms with Gasteiger partial charge in [-0.05, 0) is 11.8 Å². The van der Waals surface area contributed by atoms with Crippen molar-refractivity contribution in [3.63, 3.8) is 0 Å². The van der Waals surface area contributed by atoms with Gasteiger partial charge in [0, 0.05) is 20.0 Å². The molecule has 0 N–H and O–H groups in total. The molecule has 1 saturated heterocycles. The summed E-state index contributed by atoms with van der Waals surface area (Å²) in [6, 6.07) is 0. The van der Waals surface area contributed by atoms with Crippen LogP contribution in [0.25, 0.3) is 0 Å². The molecule has 10 heavy (non-hydrogen) atoms. The van der Waals surface area contributed by atoms with Crippen LogP contribution in [0.3, 0.4) is 0 Å². The first-order valence-electron chi connectivity index (χ1n) is 3.75. The van der Waals surface area contributed by atoms with Crippen molar-refractivity contribution in [1.82, 2.24) is 4.90 Å². The van der Waals surface area contributed by atoms with Crippen LogP contribution in [0.15, 0.2) is 0 Å². The predicted molar refractivity (Wildman–Crippen MR) is 40.7 cm³/mol. The van der Waals surface area contributed by atoms with Gasteiger partial charge in [-0.3, -0.25) is 4.79 Å². The zero-order valence-corrected chi connectivity index (χ0v) is 6.98. The van der Waals surface area contributed by atoms with Gasteiger partial charge in [-0.25, -0.2) is 0 Å². The first kappa shape index (κ1) is 7.58. The molecule has 0 bridgehead atoms. The lowest BCUT2D eigenvalue weighted by atomic mass is 9.84. The largest absolute Gasteiger partial charge is 0.345 e. The van der Waals surface area contributed by atoms with E-state index < -0.39 is 0 Å². The Hall–Kier alpha value is -0.530. The highest BCUT2D eigenvalue weighted by molar-refractivity contribution is 5.76. The van der Waals surface area contributed by atoms with Crippen molar-refractivity contribution in [3.8, 4) is 0 Å². The van der Waals surface area contributed by atoms with E-state index in [1.165, 1.54) is 0 Å². The van der Waals surface area contributed by atoms with Crippen molar-refractivity contribution in [1.29, 1.82) is 0 Å². The molecule has 0 saturated carbocycles. The van der Waals surface area contributed by atoms with Gasteiger partial charge in [0.2, 0.25) is 5.91 Å². The summed E-state index contributed by atoms with van der Waals surface area (Å²) < 4.78 is 0. The van der Waals surface area contributed by atoms with Crippen LogP contribution in [0.1, 0.15) is 26.7 Å². The van der Waals surface area contributed by atoms with Crippen LogP contribution in [0.4, 0.5) is 0 Å². The highest BCUT2D eigenvalue weighted by Crippen LogP contribution is 2.27. The minimum Gasteiger partial charge on any atom is -0.345 e. The van der Waals surface area contributed by atoms with Gasteiger partial charge in [0.15, 0.2) is 0 Å². The average molecular weight is 141 g/mol. The van der Waals surface area contributed by atoms with Gasteiger partial charge in [-0.2, -0.15) is 0 Å². The van der Waals surface area contributed by atoms with Crippen LogP contribution in [-0.2, 0) is 4.79 Å². The predicted octanol–water partition coefficient (Wildman–Crippen LogP) is 1.26. The van der Waals surface area contributed by atoms with Gasteiger partial charge in [0.25, 0.3) is 0 Å². The minimum atomic E-state index is 0.291. The van der Waals surface area contributed by atoms with Crippen molar-refractivity contribution < 1.29 is 4.79 Å². The Morgan fingerprint density at radius 3 is 2.50 bits per heavy atom. The second-order valence-electron chi connectivity index (χ2n) is 3.91. The number of carbonyl (C=O) groups excluding carboxylic acids is 1. The van der Waals surface area contributed by atoms with Crippen molar-refractivity contribution in [3.05, 3.63) is 0 Å². The second kappa shape index (κ2) is 2.26. The third kappa shape index (κ3) is 1.49. The van der Waals surface area contributed by atoms with Crippen molar-refractivity contribution in [2.75, 3.05) is 13.6 Å². The van der Waals surface area contributed by atoms with Gasteiger partial charge in [0.1, 0.15) is 0 Å². The normalized spacial score (nSPS) is 25.1. The molecule has 0 aromatic carbocycles. The molecule has 0 radical (unpaired) electrons. The number of hydrogen-bond donors (Lipinski definition) is 0. The van der Waals surface area contributed by atoms with E-state index in [-0.39, 0.29) is 0 Å². The number of carbonyl (C=O) groups is 1. The number of likely N-dealkylation sites (tertiary alicyclic amines) is 1. The van der Waals surface area contributed by atoms with E-state index in [1.807, 2.05) is 11.9 Å². The van der Waals surface area contributed by atoms with Gasteiger partial charge >= 0.3 is 0 Å². The van der Waals surface area contributed by atoms with Crippen LogP contribution in [0.2, 0.25) is 0 Å². The second-order valence-corrected chi connectivity index (χ2v) is 3.91. The van der Waals surface area contributed by atoms with Crippen LogP contribution < -0.4 is 0 Å². The first-order chi connectivity index (χ1) is 4.51. The molecule has 0 unspecified atom stereocenters. The van der Waals surface area contributed by atoms with Crippen LogP contribution >= 0.6 is 0 Å². The number of hydrogen-bond acceptors (Lipinski definition) is 1. The molecule has 0 aliphatic carbocycles. The van der Waals surface area contributed by atoms with Crippen LogP contribution in [-0.4, -0.2) is 24.4 Å². The third-order valence-electron chi connectivity index (χ3n) is 2.11. The Morgan fingerprint density at radius 1 is 1.50 bits per heavy atom. The van der Waals surface area contributed by atoms with E-state index in [1.54, 1.807) is 0 Å². The van der Waals surface area contributed by atoms with Gasteiger partial charge in [0.05, 0.1) is 0 Å². The Balaban J connectivity index is 2.57. The molecule has 58 valence electrons.